The molecule has 0 aliphatic carbocycles. The maximum Gasteiger partial charge on any atom is 0.407 e. The molecule has 0 aliphatic rings. The molecule has 252 valence electrons. The third-order valence-electron chi connectivity index (χ3n) is 6.09. The smallest absolute Gasteiger partial charge is 0.407 e. The number of carbonyl (C=O) groups excluding carboxylic acids is 3. The van der Waals surface area contributed by atoms with Gasteiger partial charge in [0, 0.05) is 19.0 Å². The van der Waals surface area contributed by atoms with Crippen LogP contribution in [0.5, 0.6) is 5.75 Å². The fourth-order valence-electron chi connectivity index (χ4n) is 4.06. The molecule has 3 N–H and O–H groups in total. The highest BCUT2D eigenvalue weighted by Gasteiger charge is 2.29. The lowest BCUT2D eigenvalue weighted by molar-refractivity contribution is -0.156. The van der Waals surface area contributed by atoms with E-state index >= 15 is 0 Å². The van der Waals surface area contributed by atoms with Crippen molar-refractivity contribution in [3.8, 4) is 5.75 Å². The molecule has 13 heteroatoms. The summed E-state index contributed by atoms with van der Waals surface area (Å²) in [7, 11) is 0. The number of rotatable bonds is 18. The van der Waals surface area contributed by atoms with Crippen LogP contribution in [0.2, 0.25) is 0 Å². The molecule has 0 heterocycles. The molecule has 9 nitrogen and oxygen atoms in total. The average Bonchev–Trinajstić information content (AvgIpc) is 2.88. The summed E-state index contributed by atoms with van der Waals surface area (Å²) in [5, 5.41) is 15.9. The second kappa shape index (κ2) is 18.7. The molecule has 0 spiro atoms. The molecular weight excluding hydrogens is 588 g/mol. The van der Waals surface area contributed by atoms with Gasteiger partial charge in [0.25, 0.3) is 0 Å². The summed E-state index contributed by atoms with van der Waals surface area (Å²) in [6.45, 7) is 9.99. The average molecular weight is 637 g/mol. The number of hydrogen-bond acceptors (Lipinski definition) is 7. The van der Waals surface area contributed by atoms with Crippen LogP contribution in [-0.2, 0) is 19.1 Å². The Bertz CT molecular complexity index is 1050. The van der Waals surface area contributed by atoms with Crippen molar-refractivity contribution in [2.24, 2.45) is 0 Å². The molecule has 44 heavy (non-hydrogen) atoms. The zero-order valence-corrected chi connectivity index (χ0v) is 26.6. The van der Waals surface area contributed by atoms with Crippen LogP contribution >= 0.6 is 0 Å². The van der Waals surface area contributed by atoms with E-state index in [0.717, 1.165) is 44.9 Å². The third-order valence-corrected chi connectivity index (χ3v) is 6.09. The number of nitrogens with one attached hydrogen (secondary N) is 2. The summed E-state index contributed by atoms with van der Waals surface area (Å²) in [5.41, 5.74) is -1.38. The van der Waals surface area contributed by atoms with E-state index in [-0.39, 0.29) is 12.5 Å². The number of ether oxygens (including phenoxy) is 3. The Morgan fingerprint density at radius 1 is 0.795 bits per heavy atom. The van der Waals surface area contributed by atoms with Crippen LogP contribution < -0.4 is 15.4 Å². The fraction of sp³-hybridized carbons (Fsp3) is 0.710. The molecule has 1 aromatic carbocycles. The molecule has 0 fully saturated rings. The van der Waals surface area contributed by atoms with Crippen LogP contribution in [0.4, 0.5) is 22.4 Å². The second-order valence-corrected chi connectivity index (χ2v) is 12.6. The minimum atomic E-state index is -1.78. The minimum Gasteiger partial charge on any atom is -0.485 e. The van der Waals surface area contributed by atoms with Crippen LogP contribution in [0.25, 0.3) is 0 Å². The number of aliphatic hydroxyl groups excluding tert-OH is 1. The van der Waals surface area contributed by atoms with Gasteiger partial charge in [-0.05, 0) is 54.4 Å². The lowest BCUT2D eigenvalue weighted by Crippen LogP contribution is -2.47. The largest absolute Gasteiger partial charge is 0.485 e. The first-order valence-electron chi connectivity index (χ1n) is 15.0. The molecule has 1 aromatic rings. The van der Waals surface area contributed by atoms with Crippen LogP contribution in [0.15, 0.2) is 6.07 Å². The number of esters is 1. The van der Waals surface area contributed by atoms with Crippen molar-refractivity contribution < 1.29 is 51.3 Å². The van der Waals surface area contributed by atoms with Gasteiger partial charge in [-0.25, -0.2) is 13.6 Å². The lowest BCUT2D eigenvalue weighted by atomic mass is 10.1. The topological polar surface area (TPSA) is 123 Å². The zero-order chi connectivity index (χ0) is 33.5. The van der Waals surface area contributed by atoms with Crippen molar-refractivity contribution in [1.82, 2.24) is 10.6 Å². The van der Waals surface area contributed by atoms with Gasteiger partial charge in [-0.1, -0.05) is 38.5 Å². The number of hydrogen-bond donors (Lipinski definition) is 3. The van der Waals surface area contributed by atoms with Gasteiger partial charge in [0.05, 0.1) is 12.5 Å². The predicted octanol–water partition coefficient (Wildman–Crippen LogP) is 6.23. The fourth-order valence-corrected chi connectivity index (χ4v) is 4.06. The monoisotopic (exact) mass is 636 g/mol. The van der Waals surface area contributed by atoms with Crippen molar-refractivity contribution in [3.05, 3.63) is 29.3 Å². The van der Waals surface area contributed by atoms with Crippen LogP contribution in [0, 0.1) is 23.3 Å². The molecule has 2 unspecified atom stereocenters. The number of halogens is 4. The first-order valence-corrected chi connectivity index (χ1v) is 15.0. The first-order chi connectivity index (χ1) is 20.4. The molecule has 0 saturated carbocycles. The highest BCUT2D eigenvalue weighted by molar-refractivity contribution is 5.78. The highest BCUT2D eigenvalue weighted by Crippen LogP contribution is 2.27. The minimum absolute atomic E-state index is 0.0223. The van der Waals surface area contributed by atoms with Crippen molar-refractivity contribution in [2.45, 2.75) is 129 Å². The highest BCUT2D eigenvalue weighted by atomic mass is 19.2. The molecule has 2 atom stereocenters. The van der Waals surface area contributed by atoms with E-state index in [9.17, 15) is 37.1 Å². The van der Waals surface area contributed by atoms with Crippen LogP contribution in [0.1, 0.15) is 106 Å². The molecule has 0 radical (unpaired) electrons. The standard InChI is InChI=1S/C31H48F4N2O7/c1-30(2,3)43-25(40)18-22(23(38)19-42-28-26(34)20(32)17-21(33)27(28)35)37-24(39)15-13-11-9-7-8-10-12-14-16-36-29(41)44-31(4,5)6/h17,22-23,38H,7-16,18-19H2,1-6H3,(H,36,41)(H,37,39). The zero-order valence-electron chi connectivity index (χ0n) is 26.6. The number of amides is 2. The molecule has 0 aliphatic heterocycles. The van der Waals surface area contributed by atoms with E-state index in [2.05, 4.69) is 10.6 Å². The quantitative estimate of drug-likeness (QED) is 0.0755. The van der Waals surface area contributed by atoms with Gasteiger partial charge in [0.2, 0.25) is 17.5 Å². The third kappa shape index (κ3) is 16.7. The Morgan fingerprint density at radius 3 is 1.82 bits per heavy atom. The summed E-state index contributed by atoms with van der Waals surface area (Å²) in [4.78, 5) is 36.6. The summed E-state index contributed by atoms with van der Waals surface area (Å²) in [6, 6.07) is -1.24. The molecule has 2 amide bonds. The summed E-state index contributed by atoms with van der Waals surface area (Å²) in [6.07, 6.45) is 4.59. The van der Waals surface area contributed by atoms with Crippen molar-refractivity contribution >= 4 is 18.0 Å². The summed E-state index contributed by atoms with van der Waals surface area (Å²) < 4.78 is 70.1. The van der Waals surface area contributed by atoms with E-state index in [0.29, 0.717) is 13.0 Å². The SMILES string of the molecule is CC(C)(C)OC(=O)CC(NC(=O)CCCCCCCCCCNC(=O)OC(C)(C)C)C(O)COc1c(F)c(F)cc(F)c1F. The van der Waals surface area contributed by atoms with E-state index in [1.807, 2.05) is 0 Å². The Hall–Kier alpha value is -3.09. The molecule has 0 saturated heterocycles. The number of unbranched alkanes of at least 4 members (excludes halogenated alkanes) is 7. The molecular formula is C31H48F4N2O7. The van der Waals surface area contributed by atoms with Crippen molar-refractivity contribution in [1.29, 1.82) is 0 Å². The number of benzene rings is 1. The Labute approximate surface area is 257 Å². The Morgan fingerprint density at radius 2 is 1.30 bits per heavy atom. The van der Waals surface area contributed by atoms with Crippen LogP contribution in [-0.4, -0.2) is 59.6 Å². The van der Waals surface area contributed by atoms with Crippen LogP contribution in [0.3, 0.4) is 0 Å². The molecule has 1 rings (SSSR count). The second-order valence-electron chi connectivity index (χ2n) is 12.6. The van der Waals surface area contributed by atoms with E-state index in [1.165, 1.54) is 0 Å². The maximum atomic E-state index is 13.9. The van der Waals surface area contributed by atoms with Gasteiger partial charge in [-0.15, -0.1) is 0 Å². The van der Waals surface area contributed by atoms with Gasteiger partial charge < -0.3 is 30.0 Å². The Balaban J connectivity index is 2.47. The number of carbonyl (C=O) groups is 3. The van der Waals surface area contributed by atoms with Gasteiger partial charge >= 0.3 is 12.1 Å². The molecule has 0 bridgehead atoms. The van der Waals surface area contributed by atoms with Crippen molar-refractivity contribution in [2.75, 3.05) is 13.2 Å². The maximum absolute atomic E-state index is 13.9. The lowest BCUT2D eigenvalue weighted by Gasteiger charge is -2.26. The van der Waals surface area contributed by atoms with E-state index in [1.54, 1.807) is 41.5 Å². The normalized spacial score (nSPS) is 13.2. The summed E-state index contributed by atoms with van der Waals surface area (Å²) >= 11 is 0. The summed E-state index contributed by atoms with van der Waals surface area (Å²) in [5.74, 6) is -9.50. The first kappa shape index (κ1) is 38.9. The van der Waals surface area contributed by atoms with Gasteiger partial charge in [-0.3, -0.25) is 9.59 Å². The van der Waals surface area contributed by atoms with E-state index < -0.39 is 83.4 Å². The Kier molecular flexibility index (Phi) is 16.5. The number of alkyl carbamates (subject to hydrolysis) is 1. The van der Waals surface area contributed by atoms with E-state index in [4.69, 9.17) is 14.2 Å². The predicted molar refractivity (Wildman–Crippen MR) is 156 cm³/mol. The van der Waals surface area contributed by atoms with Gasteiger partial charge in [0.1, 0.15) is 23.9 Å². The van der Waals surface area contributed by atoms with Crippen molar-refractivity contribution in [3.63, 3.8) is 0 Å². The number of aliphatic hydroxyl groups is 1. The molecule has 0 aromatic heterocycles. The van der Waals surface area contributed by atoms with Gasteiger partial charge in [-0.2, -0.15) is 8.78 Å². The van der Waals surface area contributed by atoms with Gasteiger partial charge in [0.15, 0.2) is 17.4 Å².